The molecule has 0 aliphatic heterocycles. The first-order valence-electron chi connectivity index (χ1n) is 5.96. The predicted molar refractivity (Wildman–Crippen MR) is 79.1 cm³/mol. The Kier molecular flexibility index (Phi) is 5.82. The van der Waals surface area contributed by atoms with Crippen molar-refractivity contribution in [2.45, 2.75) is 43.4 Å². The molecule has 0 bridgehead atoms. The van der Waals surface area contributed by atoms with Crippen LogP contribution in [0.5, 0.6) is 0 Å². The van der Waals surface area contributed by atoms with E-state index in [2.05, 4.69) is 5.32 Å². The van der Waals surface area contributed by atoms with E-state index in [9.17, 15) is 4.79 Å². The highest BCUT2D eigenvalue weighted by atomic mass is 35.5. The number of nitrogen functional groups attached to an aromatic ring is 1. The molecule has 2 unspecified atom stereocenters. The second-order valence-corrected chi connectivity index (χ2v) is 6.06. The van der Waals surface area contributed by atoms with Gasteiger partial charge in [0.15, 0.2) is 0 Å². The number of thioether (sulfide) groups is 1. The highest BCUT2D eigenvalue weighted by molar-refractivity contribution is 8.00. The Morgan fingerprint density at radius 3 is 2.78 bits per heavy atom. The van der Waals surface area contributed by atoms with Crippen LogP contribution in [0.15, 0.2) is 23.1 Å². The third-order valence-corrected chi connectivity index (χ3v) is 4.23. The van der Waals surface area contributed by atoms with Crippen molar-refractivity contribution in [3.05, 3.63) is 23.2 Å². The van der Waals surface area contributed by atoms with Crippen molar-refractivity contribution in [1.29, 1.82) is 0 Å². The fourth-order valence-electron chi connectivity index (χ4n) is 1.32. The number of rotatable bonds is 5. The fraction of sp³-hybridized carbons (Fsp3) is 0.462. The molecular weight excluding hydrogens is 268 g/mol. The van der Waals surface area contributed by atoms with Gasteiger partial charge < -0.3 is 11.1 Å². The van der Waals surface area contributed by atoms with E-state index in [-0.39, 0.29) is 17.2 Å². The number of hydrogen-bond donors (Lipinski definition) is 2. The molecule has 1 aromatic rings. The van der Waals surface area contributed by atoms with E-state index in [1.807, 2.05) is 20.8 Å². The first-order chi connectivity index (χ1) is 8.43. The van der Waals surface area contributed by atoms with Crippen molar-refractivity contribution in [2.24, 2.45) is 0 Å². The van der Waals surface area contributed by atoms with Crippen LogP contribution in [0.25, 0.3) is 0 Å². The number of hydrogen-bond acceptors (Lipinski definition) is 3. The Morgan fingerprint density at radius 2 is 2.17 bits per heavy atom. The van der Waals surface area contributed by atoms with Gasteiger partial charge in [-0.15, -0.1) is 11.8 Å². The minimum atomic E-state index is -0.196. The van der Waals surface area contributed by atoms with Gasteiger partial charge in [0.1, 0.15) is 0 Å². The molecule has 0 radical (unpaired) electrons. The topological polar surface area (TPSA) is 55.1 Å². The second kappa shape index (κ2) is 6.90. The monoisotopic (exact) mass is 286 g/mol. The van der Waals surface area contributed by atoms with Crippen molar-refractivity contribution in [1.82, 2.24) is 5.32 Å². The van der Waals surface area contributed by atoms with Crippen LogP contribution in [0.1, 0.15) is 27.2 Å². The summed E-state index contributed by atoms with van der Waals surface area (Å²) in [5, 5.41) is 3.38. The first-order valence-corrected chi connectivity index (χ1v) is 7.21. The van der Waals surface area contributed by atoms with E-state index >= 15 is 0 Å². The number of carbonyl (C=O) groups is 1. The number of nitrogens with one attached hydrogen (secondary N) is 1. The zero-order chi connectivity index (χ0) is 13.7. The van der Waals surface area contributed by atoms with Crippen LogP contribution in [0.2, 0.25) is 5.02 Å². The van der Waals surface area contributed by atoms with E-state index in [0.717, 1.165) is 11.3 Å². The molecule has 1 aromatic carbocycles. The average Bonchev–Trinajstić information content (AvgIpc) is 2.33. The normalized spacial score (nSPS) is 14.0. The maximum Gasteiger partial charge on any atom is 0.233 e. The maximum absolute atomic E-state index is 11.9. The van der Waals surface area contributed by atoms with Crippen LogP contribution in [0.4, 0.5) is 5.69 Å². The van der Waals surface area contributed by atoms with Crippen LogP contribution in [-0.4, -0.2) is 17.2 Å². The van der Waals surface area contributed by atoms with E-state index in [0.29, 0.717) is 10.7 Å². The lowest BCUT2D eigenvalue weighted by molar-refractivity contribution is -0.120. The van der Waals surface area contributed by atoms with Gasteiger partial charge in [-0.3, -0.25) is 4.79 Å². The highest BCUT2D eigenvalue weighted by Crippen LogP contribution is 2.32. The second-order valence-electron chi connectivity index (χ2n) is 4.27. The summed E-state index contributed by atoms with van der Waals surface area (Å²) in [6, 6.07) is 5.48. The number of nitrogens with two attached hydrogens (primary N) is 1. The molecule has 1 amide bonds. The molecule has 2 atom stereocenters. The lowest BCUT2D eigenvalue weighted by Gasteiger charge is -2.16. The summed E-state index contributed by atoms with van der Waals surface area (Å²) in [4.78, 5) is 12.7. The molecule has 0 saturated carbocycles. The summed E-state index contributed by atoms with van der Waals surface area (Å²) in [7, 11) is 0. The van der Waals surface area contributed by atoms with Crippen LogP contribution < -0.4 is 11.1 Å². The lowest BCUT2D eigenvalue weighted by atomic mass is 10.2. The quantitative estimate of drug-likeness (QED) is 0.645. The summed E-state index contributed by atoms with van der Waals surface area (Å²) in [5.41, 5.74) is 6.36. The van der Waals surface area contributed by atoms with E-state index in [4.69, 9.17) is 17.3 Å². The molecule has 3 nitrogen and oxygen atoms in total. The van der Waals surface area contributed by atoms with Gasteiger partial charge in [-0.05, 0) is 38.5 Å². The summed E-state index contributed by atoms with van der Waals surface area (Å²) in [5.74, 6) is 0.0211. The molecule has 0 aromatic heterocycles. The fourth-order valence-corrected chi connectivity index (χ4v) is 2.51. The van der Waals surface area contributed by atoms with E-state index < -0.39 is 0 Å². The zero-order valence-electron chi connectivity index (χ0n) is 10.9. The van der Waals surface area contributed by atoms with Gasteiger partial charge in [0, 0.05) is 16.6 Å². The third-order valence-electron chi connectivity index (χ3n) is 2.63. The van der Waals surface area contributed by atoms with Crippen molar-refractivity contribution >= 4 is 35.0 Å². The summed E-state index contributed by atoms with van der Waals surface area (Å²) < 4.78 is 0. The summed E-state index contributed by atoms with van der Waals surface area (Å²) >= 11 is 7.49. The standard InChI is InChI=1S/C13H19ClN2OS/c1-4-8(2)16-13(17)9(3)18-12-7-10(15)5-6-11(12)14/h5-9H,4,15H2,1-3H3,(H,16,17). The molecule has 5 heteroatoms. The molecule has 0 spiro atoms. The van der Waals surface area contributed by atoms with Gasteiger partial charge in [-0.1, -0.05) is 18.5 Å². The van der Waals surface area contributed by atoms with Crippen molar-refractivity contribution < 1.29 is 4.79 Å². The number of halogens is 1. The van der Waals surface area contributed by atoms with Crippen LogP contribution in [0, 0.1) is 0 Å². The first kappa shape index (κ1) is 15.2. The maximum atomic E-state index is 11.9. The summed E-state index contributed by atoms with van der Waals surface area (Å²) in [6.45, 7) is 5.89. The Labute approximate surface area is 117 Å². The number of benzene rings is 1. The lowest BCUT2D eigenvalue weighted by Crippen LogP contribution is -2.37. The van der Waals surface area contributed by atoms with Crippen LogP contribution >= 0.6 is 23.4 Å². The number of carbonyl (C=O) groups excluding carboxylic acids is 1. The van der Waals surface area contributed by atoms with Gasteiger partial charge in [-0.25, -0.2) is 0 Å². The summed E-state index contributed by atoms with van der Waals surface area (Å²) in [6.07, 6.45) is 0.919. The van der Waals surface area contributed by atoms with Crippen molar-refractivity contribution in [2.75, 3.05) is 5.73 Å². The minimum Gasteiger partial charge on any atom is -0.399 e. The smallest absolute Gasteiger partial charge is 0.233 e. The predicted octanol–water partition coefficient (Wildman–Crippen LogP) is 3.32. The van der Waals surface area contributed by atoms with Gasteiger partial charge in [0.05, 0.1) is 10.3 Å². The van der Waals surface area contributed by atoms with Gasteiger partial charge in [-0.2, -0.15) is 0 Å². The van der Waals surface area contributed by atoms with Gasteiger partial charge in [0.2, 0.25) is 5.91 Å². The Morgan fingerprint density at radius 1 is 1.50 bits per heavy atom. The Balaban J connectivity index is 2.66. The molecule has 0 aliphatic rings. The Hall–Kier alpha value is -0.870. The average molecular weight is 287 g/mol. The third kappa shape index (κ3) is 4.42. The number of anilines is 1. The van der Waals surface area contributed by atoms with Gasteiger partial charge in [0.25, 0.3) is 0 Å². The number of amides is 1. The van der Waals surface area contributed by atoms with Crippen LogP contribution in [0.3, 0.4) is 0 Å². The molecule has 0 heterocycles. The zero-order valence-corrected chi connectivity index (χ0v) is 12.4. The highest BCUT2D eigenvalue weighted by Gasteiger charge is 2.17. The molecule has 3 N–H and O–H groups in total. The van der Waals surface area contributed by atoms with E-state index in [1.165, 1.54) is 11.8 Å². The largest absolute Gasteiger partial charge is 0.399 e. The molecule has 1 rings (SSSR count). The SMILES string of the molecule is CCC(C)NC(=O)C(C)Sc1cc(N)ccc1Cl. The van der Waals surface area contributed by atoms with Crippen molar-refractivity contribution in [3.8, 4) is 0 Å². The van der Waals surface area contributed by atoms with E-state index in [1.54, 1.807) is 18.2 Å². The molecule has 18 heavy (non-hydrogen) atoms. The molecule has 0 fully saturated rings. The molecule has 100 valence electrons. The van der Waals surface area contributed by atoms with Gasteiger partial charge >= 0.3 is 0 Å². The van der Waals surface area contributed by atoms with Crippen LogP contribution in [-0.2, 0) is 4.79 Å². The Bertz CT molecular complexity index is 425. The van der Waals surface area contributed by atoms with Crippen molar-refractivity contribution in [3.63, 3.8) is 0 Å². The molecule has 0 aliphatic carbocycles. The minimum absolute atomic E-state index is 0.0211. The molecular formula is C13H19ClN2OS. The molecule has 0 saturated heterocycles.